The third-order valence-corrected chi connectivity index (χ3v) is 4.33. The van der Waals surface area contributed by atoms with Crippen molar-refractivity contribution in [2.24, 2.45) is 0 Å². The predicted octanol–water partition coefficient (Wildman–Crippen LogP) is 3.94. The van der Waals surface area contributed by atoms with E-state index in [4.69, 9.17) is 0 Å². The fraction of sp³-hybridized carbons (Fsp3) is 0.235. The molecule has 2 nitrogen and oxygen atoms in total. The maximum absolute atomic E-state index is 13.0. The van der Waals surface area contributed by atoms with Gasteiger partial charge in [-0.3, -0.25) is 4.79 Å². The molecule has 4 heteroatoms. The zero-order chi connectivity index (χ0) is 14.9. The fourth-order valence-electron chi connectivity index (χ4n) is 2.48. The van der Waals surface area contributed by atoms with Gasteiger partial charge in [0.05, 0.1) is 12.0 Å². The number of rotatable bonds is 4. The number of nitrogens with one attached hydrogen (secondary N) is 1. The molecule has 0 unspecified atom stereocenters. The van der Waals surface area contributed by atoms with Gasteiger partial charge in [-0.2, -0.15) is 0 Å². The molecule has 0 aromatic heterocycles. The smallest absolute Gasteiger partial charge is 0.225 e. The summed E-state index contributed by atoms with van der Waals surface area (Å²) in [5.41, 5.74) is 1.67. The highest BCUT2D eigenvalue weighted by Crippen LogP contribution is 2.45. The predicted molar refractivity (Wildman–Crippen MR) is 83.3 cm³/mol. The minimum atomic E-state index is -0.292. The Kier molecular flexibility index (Phi) is 3.81. The van der Waals surface area contributed by atoms with E-state index in [-0.39, 0.29) is 17.3 Å². The molecule has 1 N–H and O–H groups in total. The van der Waals surface area contributed by atoms with Crippen LogP contribution in [0.3, 0.4) is 0 Å². The van der Waals surface area contributed by atoms with Gasteiger partial charge >= 0.3 is 0 Å². The maximum atomic E-state index is 13.0. The van der Waals surface area contributed by atoms with Crippen molar-refractivity contribution in [3.8, 4) is 0 Å². The molecule has 0 spiro atoms. The molecule has 2 aromatic rings. The quantitative estimate of drug-likeness (QED) is 0.891. The first kappa shape index (κ1) is 14.3. The van der Waals surface area contributed by atoms with E-state index in [0.717, 1.165) is 28.4 Å². The lowest BCUT2D eigenvalue weighted by Gasteiger charge is -2.18. The van der Waals surface area contributed by atoms with Crippen LogP contribution in [0.1, 0.15) is 24.0 Å². The third kappa shape index (κ3) is 3.32. The molecule has 1 aliphatic rings. The van der Waals surface area contributed by atoms with Gasteiger partial charge in [0.15, 0.2) is 0 Å². The van der Waals surface area contributed by atoms with E-state index in [1.807, 2.05) is 24.3 Å². The monoisotopic (exact) mass is 347 g/mol. The normalized spacial score (nSPS) is 15.5. The molecule has 2 aromatic carbocycles. The van der Waals surface area contributed by atoms with Gasteiger partial charge in [-0.05, 0) is 48.2 Å². The van der Waals surface area contributed by atoms with Crippen LogP contribution in [0.15, 0.2) is 53.0 Å². The molecule has 1 saturated carbocycles. The van der Waals surface area contributed by atoms with Gasteiger partial charge in [0, 0.05) is 4.47 Å². The summed E-state index contributed by atoms with van der Waals surface area (Å²) in [6.07, 6.45) is 2.17. The van der Waals surface area contributed by atoms with E-state index in [1.165, 1.54) is 12.1 Å². The summed E-state index contributed by atoms with van der Waals surface area (Å²) in [6.45, 7) is 0. The van der Waals surface area contributed by atoms with Crippen LogP contribution in [0.4, 0.5) is 4.39 Å². The Morgan fingerprint density at radius 2 is 1.71 bits per heavy atom. The molecule has 0 aliphatic heterocycles. The largest absolute Gasteiger partial charge is 0.346 e. The van der Waals surface area contributed by atoms with Crippen LogP contribution in [0, 0.1) is 5.82 Å². The fourth-order valence-corrected chi connectivity index (χ4v) is 2.74. The molecule has 1 fully saturated rings. The van der Waals surface area contributed by atoms with E-state index in [2.05, 4.69) is 21.2 Å². The molecule has 3 rings (SSSR count). The Labute approximate surface area is 131 Å². The molecule has 1 amide bonds. The molecule has 0 atom stereocenters. The molecular weight excluding hydrogens is 333 g/mol. The molecule has 0 bridgehead atoms. The van der Waals surface area contributed by atoms with Gasteiger partial charge in [-0.15, -0.1) is 0 Å². The van der Waals surface area contributed by atoms with Crippen molar-refractivity contribution in [1.29, 1.82) is 0 Å². The molecule has 0 saturated heterocycles. The number of carbonyl (C=O) groups is 1. The first-order valence-corrected chi connectivity index (χ1v) is 7.68. The zero-order valence-corrected chi connectivity index (χ0v) is 13.0. The second-order valence-electron chi connectivity index (χ2n) is 5.44. The van der Waals surface area contributed by atoms with Crippen molar-refractivity contribution < 1.29 is 9.18 Å². The minimum Gasteiger partial charge on any atom is -0.346 e. The van der Waals surface area contributed by atoms with E-state index >= 15 is 0 Å². The Morgan fingerprint density at radius 3 is 2.29 bits per heavy atom. The Bertz CT molecular complexity index is 647. The summed E-state index contributed by atoms with van der Waals surface area (Å²) in [5.74, 6) is -0.255. The molecule has 108 valence electrons. The highest BCUT2D eigenvalue weighted by Gasteiger charge is 2.45. The van der Waals surface area contributed by atoms with Crippen LogP contribution in [0.25, 0.3) is 0 Å². The van der Waals surface area contributed by atoms with Crippen LogP contribution in [-0.2, 0) is 16.8 Å². The zero-order valence-electron chi connectivity index (χ0n) is 11.4. The Balaban J connectivity index is 1.67. The van der Waals surface area contributed by atoms with Crippen molar-refractivity contribution in [2.75, 3.05) is 0 Å². The lowest BCUT2D eigenvalue weighted by Crippen LogP contribution is -2.35. The van der Waals surface area contributed by atoms with E-state index in [9.17, 15) is 9.18 Å². The van der Waals surface area contributed by atoms with Gasteiger partial charge in [-0.25, -0.2) is 4.39 Å². The molecule has 0 heterocycles. The third-order valence-electron chi connectivity index (χ3n) is 3.80. The standard InChI is InChI=1S/C17H15BrFNO/c18-14-5-1-12(2-6-14)11-16(21)20-17(9-10-17)13-3-7-15(19)8-4-13/h1-8H,9-11H2,(H,20,21). The van der Waals surface area contributed by atoms with Crippen LogP contribution >= 0.6 is 15.9 Å². The maximum Gasteiger partial charge on any atom is 0.225 e. The minimum absolute atomic E-state index is 0.000789. The van der Waals surface area contributed by atoms with Gasteiger partial charge in [0.25, 0.3) is 0 Å². The summed E-state index contributed by atoms with van der Waals surface area (Å²) in [7, 11) is 0. The highest BCUT2D eigenvalue weighted by molar-refractivity contribution is 9.10. The molecule has 0 radical (unpaired) electrons. The van der Waals surface area contributed by atoms with Gasteiger partial charge in [0.2, 0.25) is 5.91 Å². The summed E-state index contributed by atoms with van der Waals surface area (Å²) in [6, 6.07) is 14.1. The van der Waals surface area contributed by atoms with Crippen molar-refractivity contribution in [2.45, 2.75) is 24.8 Å². The van der Waals surface area contributed by atoms with Crippen LogP contribution in [0.5, 0.6) is 0 Å². The summed E-state index contributed by atoms with van der Waals surface area (Å²) in [5, 5.41) is 3.09. The summed E-state index contributed by atoms with van der Waals surface area (Å²) >= 11 is 3.38. The number of amides is 1. The van der Waals surface area contributed by atoms with E-state index in [0.29, 0.717) is 6.42 Å². The van der Waals surface area contributed by atoms with Crippen molar-refractivity contribution in [3.63, 3.8) is 0 Å². The lowest BCUT2D eigenvalue weighted by molar-refractivity contribution is -0.121. The number of benzene rings is 2. The van der Waals surface area contributed by atoms with Crippen molar-refractivity contribution in [1.82, 2.24) is 5.32 Å². The van der Waals surface area contributed by atoms with Gasteiger partial charge in [-0.1, -0.05) is 40.2 Å². The van der Waals surface area contributed by atoms with Crippen LogP contribution in [0.2, 0.25) is 0 Å². The summed E-state index contributed by atoms with van der Waals surface area (Å²) in [4.78, 5) is 12.2. The second-order valence-corrected chi connectivity index (χ2v) is 6.36. The Hall–Kier alpha value is -1.68. The average Bonchev–Trinajstić information content (AvgIpc) is 3.23. The SMILES string of the molecule is O=C(Cc1ccc(Br)cc1)NC1(c2ccc(F)cc2)CC1. The second kappa shape index (κ2) is 5.60. The first-order chi connectivity index (χ1) is 10.1. The Morgan fingerprint density at radius 1 is 1.10 bits per heavy atom. The molecule has 1 aliphatic carbocycles. The number of hydrogen-bond donors (Lipinski definition) is 1. The topological polar surface area (TPSA) is 29.1 Å². The van der Waals surface area contributed by atoms with Crippen LogP contribution in [-0.4, -0.2) is 5.91 Å². The van der Waals surface area contributed by atoms with E-state index < -0.39 is 0 Å². The average molecular weight is 348 g/mol. The summed E-state index contributed by atoms with van der Waals surface area (Å²) < 4.78 is 14.0. The van der Waals surface area contributed by atoms with E-state index in [1.54, 1.807) is 12.1 Å². The molecular formula is C17H15BrFNO. The lowest BCUT2D eigenvalue weighted by atomic mass is 10.0. The van der Waals surface area contributed by atoms with Gasteiger partial charge < -0.3 is 5.32 Å². The van der Waals surface area contributed by atoms with Crippen LogP contribution < -0.4 is 5.32 Å². The molecule has 21 heavy (non-hydrogen) atoms. The first-order valence-electron chi connectivity index (χ1n) is 6.89. The number of carbonyl (C=O) groups excluding carboxylic acids is 1. The van der Waals surface area contributed by atoms with Gasteiger partial charge in [0.1, 0.15) is 5.82 Å². The van der Waals surface area contributed by atoms with Crippen molar-refractivity contribution >= 4 is 21.8 Å². The highest BCUT2D eigenvalue weighted by atomic mass is 79.9. The van der Waals surface area contributed by atoms with Crippen molar-refractivity contribution in [3.05, 3.63) is 69.9 Å². The number of hydrogen-bond acceptors (Lipinski definition) is 1. The number of halogens is 2.